The van der Waals surface area contributed by atoms with Crippen LogP contribution in [0.25, 0.3) is 0 Å². The molecule has 1 heterocycles. The van der Waals surface area contributed by atoms with E-state index in [0.29, 0.717) is 11.1 Å². The molecular weight excluding hydrogens is 208 g/mol. The minimum Gasteiger partial charge on any atom is -0.501 e. The second kappa shape index (κ2) is 3.59. The molecule has 0 aromatic heterocycles. The molecular formula is C11H8N2O3. The average molecular weight is 216 g/mol. The van der Waals surface area contributed by atoms with Gasteiger partial charge in [0, 0.05) is 5.56 Å². The number of hydrogen-bond acceptors (Lipinski definition) is 5. The summed E-state index contributed by atoms with van der Waals surface area (Å²) >= 11 is 0. The lowest BCUT2D eigenvalue weighted by Crippen LogP contribution is -2.09. The Morgan fingerprint density at radius 2 is 2.25 bits per heavy atom. The van der Waals surface area contributed by atoms with Gasteiger partial charge in [-0.05, 0) is 12.1 Å². The van der Waals surface area contributed by atoms with Gasteiger partial charge < -0.3 is 15.6 Å². The van der Waals surface area contributed by atoms with Gasteiger partial charge in [-0.25, -0.2) is 0 Å². The van der Waals surface area contributed by atoms with Crippen molar-refractivity contribution >= 4 is 5.78 Å². The van der Waals surface area contributed by atoms with Crippen LogP contribution >= 0.6 is 0 Å². The SMILES string of the molecule is N#Cc1cccc(C2OC(N)=C(O)C2=O)c1. The Kier molecular flexibility index (Phi) is 2.25. The Bertz CT molecular complexity index is 528. The smallest absolute Gasteiger partial charge is 0.247 e. The van der Waals surface area contributed by atoms with Gasteiger partial charge in [-0.3, -0.25) is 4.79 Å². The number of carbonyl (C=O) groups excluding carboxylic acids is 1. The van der Waals surface area contributed by atoms with E-state index in [0.717, 1.165) is 0 Å². The summed E-state index contributed by atoms with van der Waals surface area (Å²) in [5, 5.41) is 18.0. The number of aliphatic hydroxyl groups is 1. The Labute approximate surface area is 91.4 Å². The zero-order chi connectivity index (χ0) is 11.7. The zero-order valence-corrected chi connectivity index (χ0v) is 8.18. The topological polar surface area (TPSA) is 96.3 Å². The van der Waals surface area contributed by atoms with E-state index >= 15 is 0 Å². The number of rotatable bonds is 1. The number of benzene rings is 1. The van der Waals surface area contributed by atoms with E-state index in [1.54, 1.807) is 18.2 Å². The van der Waals surface area contributed by atoms with Crippen molar-refractivity contribution < 1.29 is 14.6 Å². The van der Waals surface area contributed by atoms with Crippen LogP contribution in [0.15, 0.2) is 35.9 Å². The van der Waals surface area contributed by atoms with Crippen LogP contribution in [0.4, 0.5) is 0 Å². The largest absolute Gasteiger partial charge is 0.501 e. The Morgan fingerprint density at radius 3 is 2.81 bits per heavy atom. The highest BCUT2D eigenvalue weighted by Crippen LogP contribution is 2.29. The van der Waals surface area contributed by atoms with E-state index in [1.807, 2.05) is 6.07 Å². The van der Waals surface area contributed by atoms with Gasteiger partial charge in [0.15, 0.2) is 6.10 Å². The number of nitrogens with two attached hydrogens (primary N) is 1. The molecule has 3 N–H and O–H groups in total. The summed E-state index contributed by atoms with van der Waals surface area (Å²) in [7, 11) is 0. The molecule has 0 saturated carbocycles. The summed E-state index contributed by atoms with van der Waals surface area (Å²) in [6, 6.07) is 8.36. The van der Waals surface area contributed by atoms with E-state index in [-0.39, 0.29) is 5.88 Å². The van der Waals surface area contributed by atoms with Crippen LogP contribution in [0.5, 0.6) is 0 Å². The van der Waals surface area contributed by atoms with Gasteiger partial charge in [0.25, 0.3) is 0 Å². The van der Waals surface area contributed by atoms with Gasteiger partial charge in [-0.15, -0.1) is 0 Å². The summed E-state index contributed by atoms with van der Waals surface area (Å²) < 4.78 is 5.02. The van der Waals surface area contributed by atoms with Crippen molar-refractivity contribution in [2.24, 2.45) is 5.73 Å². The molecule has 0 fully saturated rings. The standard InChI is InChI=1S/C11H8N2O3/c12-5-6-2-1-3-7(4-6)10-8(14)9(15)11(13)16-10/h1-4,10,15H,13H2. The third-order valence-electron chi connectivity index (χ3n) is 2.27. The number of nitrogens with zero attached hydrogens (tertiary/aromatic N) is 1. The maximum absolute atomic E-state index is 11.5. The predicted molar refractivity (Wildman–Crippen MR) is 53.8 cm³/mol. The van der Waals surface area contributed by atoms with Crippen LogP contribution in [0.2, 0.25) is 0 Å². The van der Waals surface area contributed by atoms with Gasteiger partial charge in [0.1, 0.15) is 0 Å². The lowest BCUT2D eigenvalue weighted by atomic mass is 10.0. The minimum absolute atomic E-state index is 0.280. The maximum Gasteiger partial charge on any atom is 0.247 e. The molecule has 1 aliphatic heterocycles. The number of hydrogen-bond donors (Lipinski definition) is 2. The fourth-order valence-electron chi connectivity index (χ4n) is 1.47. The van der Waals surface area contributed by atoms with E-state index in [4.69, 9.17) is 15.7 Å². The van der Waals surface area contributed by atoms with E-state index < -0.39 is 17.6 Å². The van der Waals surface area contributed by atoms with Crippen LogP contribution in [0.1, 0.15) is 17.2 Å². The molecule has 16 heavy (non-hydrogen) atoms. The Balaban J connectivity index is 2.35. The van der Waals surface area contributed by atoms with Crippen LogP contribution < -0.4 is 5.73 Å². The first-order chi connectivity index (χ1) is 7.63. The number of aliphatic hydroxyl groups excluding tert-OH is 1. The third-order valence-corrected chi connectivity index (χ3v) is 2.27. The molecule has 0 bridgehead atoms. The van der Waals surface area contributed by atoms with Crippen molar-refractivity contribution in [3.63, 3.8) is 0 Å². The molecule has 5 heteroatoms. The molecule has 80 valence electrons. The monoisotopic (exact) mass is 216 g/mol. The molecule has 1 aromatic carbocycles. The molecule has 0 radical (unpaired) electrons. The van der Waals surface area contributed by atoms with Crippen molar-refractivity contribution in [3.05, 3.63) is 47.0 Å². The number of ether oxygens (including phenoxy) is 1. The number of nitriles is 1. The molecule has 5 nitrogen and oxygen atoms in total. The summed E-state index contributed by atoms with van der Waals surface area (Å²) in [6.45, 7) is 0. The van der Waals surface area contributed by atoms with Gasteiger partial charge in [0.2, 0.25) is 17.4 Å². The van der Waals surface area contributed by atoms with Crippen molar-refractivity contribution in [2.45, 2.75) is 6.10 Å². The third kappa shape index (κ3) is 1.46. The van der Waals surface area contributed by atoms with Crippen molar-refractivity contribution in [1.82, 2.24) is 0 Å². The van der Waals surface area contributed by atoms with Crippen molar-refractivity contribution in [3.8, 4) is 6.07 Å². The lowest BCUT2D eigenvalue weighted by Gasteiger charge is -2.09. The predicted octanol–water partition coefficient (Wildman–Crippen LogP) is 0.884. The molecule has 0 saturated heterocycles. The zero-order valence-electron chi connectivity index (χ0n) is 8.18. The van der Waals surface area contributed by atoms with Crippen LogP contribution in [0, 0.1) is 11.3 Å². The van der Waals surface area contributed by atoms with Crippen molar-refractivity contribution in [2.75, 3.05) is 0 Å². The summed E-state index contributed by atoms with van der Waals surface area (Å²) in [5.74, 6) is -1.43. The summed E-state index contributed by atoms with van der Waals surface area (Å²) in [6.07, 6.45) is -0.951. The minimum atomic E-state index is -0.951. The number of ketones is 1. The highest BCUT2D eigenvalue weighted by molar-refractivity contribution is 5.99. The molecule has 0 spiro atoms. The Hall–Kier alpha value is -2.48. The second-order valence-electron chi connectivity index (χ2n) is 3.31. The molecule has 0 amide bonds. The number of carbonyl (C=O) groups is 1. The highest BCUT2D eigenvalue weighted by atomic mass is 16.5. The second-order valence-corrected chi connectivity index (χ2v) is 3.31. The fraction of sp³-hybridized carbons (Fsp3) is 0.0909. The fourth-order valence-corrected chi connectivity index (χ4v) is 1.47. The van der Waals surface area contributed by atoms with Crippen molar-refractivity contribution in [1.29, 1.82) is 5.26 Å². The van der Waals surface area contributed by atoms with Gasteiger partial charge in [0.05, 0.1) is 11.6 Å². The first-order valence-corrected chi connectivity index (χ1v) is 4.53. The first kappa shape index (κ1) is 10.1. The molecule has 0 aliphatic carbocycles. The van der Waals surface area contributed by atoms with E-state index in [2.05, 4.69) is 0 Å². The van der Waals surface area contributed by atoms with Crippen LogP contribution in [-0.4, -0.2) is 10.9 Å². The molecule has 2 rings (SSSR count). The molecule has 1 atom stereocenters. The van der Waals surface area contributed by atoms with E-state index in [1.165, 1.54) is 6.07 Å². The average Bonchev–Trinajstić information content (AvgIpc) is 2.57. The normalized spacial score (nSPS) is 19.4. The van der Waals surface area contributed by atoms with Gasteiger partial charge >= 0.3 is 0 Å². The van der Waals surface area contributed by atoms with Gasteiger partial charge in [-0.2, -0.15) is 5.26 Å². The van der Waals surface area contributed by atoms with Crippen LogP contribution in [-0.2, 0) is 9.53 Å². The lowest BCUT2D eigenvalue weighted by molar-refractivity contribution is -0.123. The molecule has 1 aromatic rings. The number of Topliss-reactive ketones (excluding diaryl/α,β-unsaturated/α-hetero) is 1. The van der Waals surface area contributed by atoms with Gasteiger partial charge in [-0.1, -0.05) is 12.1 Å². The quantitative estimate of drug-likeness (QED) is 0.726. The molecule has 1 aliphatic rings. The Morgan fingerprint density at radius 1 is 1.50 bits per heavy atom. The first-order valence-electron chi connectivity index (χ1n) is 4.53. The summed E-state index contributed by atoms with van der Waals surface area (Å²) in [5.41, 5.74) is 6.20. The van der Waals surface area contributed by atoms with E-state index in [9.17, 15) is 9.90 Å². The van der Waals surface area contributed by atoms with Crippen LogP contribution in [0.3, 0.4) is 0 Å². The maximum atomic E-state index is 11.5. The highest BCUT2D eigenvalue weighted by Gasteiger charge is 2.35. The summed E-state index contributed by atoms with van der Waals surface area (Å²) in [4.78, 5) is 11.5. The molecule has 1 unspecified atom stereocenters.